The molecule has 0 atom stereocenters. The third-order valence-corrected chi connectivity index (χ3v) is 4.80. The van der Waals surface area contributed by atoms with Gasteiger partial charge in [-0.15, -0.1) is 0 Å². The number of hydrogen-bond acceptors (Lipinski definition) is 2. The molecule has 2 aromatic carbocycles. The Labute approximate surface area is 154 Å². The van der Waals surface area contributed by atoms with Crippen molar-refractivity contribution >= 4 is 40.5 Å². The van der Waals surface area contributed by atoms with Crippen molar-refractivity contribution in [2.75, 3.05) is 18.0 Å². The van der Waals surface area contributed by atoms with Crippen LogP contribution in [-0.4, -0.2) is 13.1 Å². The lowest BCUT2D eigenvalue weighted by molar-refractivity contribution is -0.674. The molecule has 1 aromatic heterocycles. The highest BCUT2D eigenvalue weighted by molar-refractivity contribution is 6.32. The molecule has 0 N–H and O–H groups in total. The molecule has 0 saturated heterocycles. The van der Waals surface area contributed by atoms with E-state index < -0.39 is 0 Å². The van der Waals surface area contributed by atoms with Gasteiger partial charge in [-0.3, -0.25) is 0 Å². The second kappa shape index (κ2) is 7.75. The quantitative estimate of drug-likeness (QED) is 0.551. The van der Waals surface area contributed by atoms with Gasteiger partial charge in [0.05, 0.1) is 6.08 Å². The van der Waals surface area contributed by atoms with Gasteiger partial charge >= 0.3 is 5.89 Å². The predicted octanol–water partition coefficient (Wildman–Crippen LogP) is 5.41. The Balaban J connectivity index is 1.92. The molecule has 0 radical (unpaired) electrons. The summed E-state index contributed by atoms with van der Waals surface area (Å²) in [6, 6.07) is 14.3. The zero-order valence-corrected chi connectivity index (χ0v) is 15.8. The number of oxazole rings is 1. The Morgan fingerprint density at radius 1 is 1.04 bits per heavy atom. The fourth-order valence-electron chi connectivity index (χ4n) is 3.10. The molecule has 0 unspecified atom stereocenters. The number of benzene rings is 2. The van der Waals surface area contributed by atoms with Gasteiger partial charge < -0.3 is 9.32 Å². The van der Waals surface area contributed by atoms with Crippen molar-refractivity contribution in [3.8, 4) is 0 Å². The van der Waals surface area contributed by atoms with E-state index in [9.17, 15) is 0 Å². The van der Waals surface area contributed by atoms with E-state index in [1.165, 1.54) is 0 Å². The molecule has 4 heteroatoms. The number of fused-ring (bicyclic) bond motifs is 1. The Hall–Kier alpha value is -2.26. The van der Waals surface area contributed by atoms with Crippen LogP contribution in [-0.2, 0) is 6.54 Å². The van der Waals surface area contributed by atoms with Gasteiger partial charge in [-0.25, -0.2) is 0 Å². The summed E-state index contributed by atoms with van der Waals surface area (Å²) in [4.78, 5) is 2.28. The number of nitrogens with zero attached hydrogens (tertiary/aromatic N) is 2. The maximum atomic E-state index is 6.49. The fraction of sp³-hybridized carbons (Fsp3) is 0.286. The maximum Gasteiger partial charge on any atom is 0.374 e. The van der Waals surface area contributed by atoms with E-state index in [4.69, 9.17) is 16.0 Å². The van der Waals surface area contributed by atoms with Crippen molar-refractivity contribution in [2.45, 2.75) is 27.3 Å². The summed E-state index contributed by atoms with van der Waals surface area (Å²) in [6.45, 7) is 9.21. The molecule has 130 valence electrons. The largest absolute Gasteiger partial charge is 0.398 e. The summed E-state index contributed by atoms with van der Waals surface area (Å²) in [7, 11) is 0. The molecular formula is C21H24ClN2O+. The average molecular weight is 356 g/mol. The third kappa shape index (κ3) is 3.57. The molecule has 0 amide bonds. The lowest BCUT2D eigenvalue weighted by Gasteiger charge is -2.21. The van der Waals surface area contributed by atoms with Crippen LogP contribution in [0.3, 0.4) is 0 Å². The summed E-state index contributed by atoms with van der Waals surface area (Å²) < 4.78 is 8.13. The van der Waals surface area contributed by atoms with Crippen LogP contribution >= 0.6 is 11.6 Å². The number of anilines is 1. The first-order chi connectivity index (χ1) is 12.2. The van der Waals surface area contributed by atoms with Crippen molar-refractivity contribution in [3.05, 3.63) is 58.9 Å². The first kappa shape index (κ1) is 17.6. The van der Waals surface area contributed by atoms with Gasteiger partial charge in [-0.1, -0.05) is 29.8 Å². The van der Waals surface area contributed by atoms with Gasteiger partial charge in [0.1, 0.15) is 6.54 Å². The van der Waals surface area contributed by atoms with Crippen molar-refractivity contribution in [1.29, 1.82) is 0 Å². The maximum absolute atomic E-state index is 6.49. The van der Waals surface area contributed by atoms with Crippen LogP contribution in [0, 0.1) is 0 Å². The number of para-hydroxylation sites is 2. The van der Waals surface area contributed by atoms with Crippen molar-refractivity contribution in [1.82, 2.24) is 0 Å². The van der Waals surface area contributed by atoms with Gasteiger partial charge in [0.25, 0.3) is 5.52 Å². The average Bonchev–Trinajstić information content (AvgIpc) is 2.99. The topological polar surface area (TPSA) is 20.3 Å². The zero-order valence-electron chi connectivity index (χ0n) is 15.0. The molecule has 0 aliphatic rings. The Kier molecular flexibility index (Phi) is 5.44. The monoisotopic (exact) mass is 355 g/mol. The molecule has 0 fully saturated rings. The van der Waals surface area contributed by atoms with Crippen LogP contribution in [0.1, 0.15) is 32.2 Å². The number of rotatable bonds is 6. The molecule has 0 aliphatic carbocycles. The standard InChI is InChI=1S/C21H24ClN2O/c1-4-23(5-2)17-13-11-16(18(22)15-17)12-14-21-24(6-3)19-9-7-8-10-20(19)25-21/h7-15H,4-6H2,1-3H3/q+1. The minimum atomic E-state index is 0.750. The SMILES string of the molecule is CCN(CC)c1ccc(/C=C/c2oc3ccccc3[n+]2CC)c(Cl)c1. The molecule has 3 aromatic rings. The highest BCUT2D eigenvalue weighted by Gasteiger charge is 2.18. The summed E-state index contributed by atoms with van der Waals surface area (Å²) in [5.74, 6) is 0.826. The zero-order chi connectivity index (χ0) is 17.8. The minimum absolute atomic E-state index is 0.750. The van der Waals surface area contributed by atoms with Crippen LogP contribution in [0.4, 0.5) is 5.69 Å². The second-order valence-electron chi connectivity index (χ2n) is 5.86. The number of aryl methyl sites for hydroxylation is 1. The first-order valence-corrected chi connectivity index (χ1v) is 9.19. The summed E-state index contributed by atoms with van der Waals surface area (Å²) in [5, 5.41) is 0.750. The van der Waals surface area contributed by atoms with Crippen molar-refractivity contribution in [2.24, 2.45) is 0 Å². The molecule has 25 heavy (non-hydrogen) atoms. The summed E-state index contributed by atoms with van der Waals surface area (Å²) >= 11 is 6.49. The Morgan fingerprint density at radius 3 is 2.48 bits per heavy atom. The van der Waals surface area contributed by atoms with Gasteiger partial charge in [0, 0.05) is 29.9 Å². The molecule has 3 nitrogen and oxygen atoms in total. The molecule has 1 heterocycles. The van der Waals surface area contributed by atoms with Crippen LogP contribution in [0.25, 0.3) is 23.3 Å². The van der Waals surface area contributed by atoms with Crippen molar-refractivity contribution in [3.63, 3.8) is 0 Å². The van der Waals surface area contributed by atoms with Gasteiger partial charge in [-0.05, 0) is 50.6 Å². The van der Waals surface area contributed by atoms with E-state index in [2.05, 4.69) is 48.4 Å². The normalized spacial score (nSPS) is 11.5. The predicted molar refractivity (Wildman–Crippen MR) is 106 cm³/mol. The van der Waals surface area contributed by atoms with E-state index >= 15 is 0 Å². The lowest BCUT2D eigenvalue weighted by Crippen LogP contribution is -2.33. The molecule has 0 saturated carbocycles. The number of halogens is 1. The Bertz CT molecular complexity index is 894. The third-order valence-electron chi connectivity index (χ3n) is 4.47. The molecular weight excluding hydrogens is 332 g/mol. The highest BCUT2D eigenvalue weighted by Crippen LogP contribution is 2.25. The summed E-state index contributed by atoms with van der Waals surface area (Å²) in [5.41, 5.74) is 4.14. The van der Waals surface area contributed by atoms with E-state index in [0.717, 1.165) is 52.9 Å². The molecule has 0 aliphatic heterocycles. The van der Waals surface area contributed by atoms with E-state index in [0.29, 0.717) is 0 Å². The van der Waals surface area contributed by atoms with Crippen LogP contribution in [0.2, 0.25) is 5.02 Å². The molecule has 0 bridgehead atoms. The first-order valence-electron chi connectivity index (χ1n) is 8.81. The highest BCUT2D eigenvalue weighted by atomic mass is 35.5. The lowest BCUT2D eigenvalue weighted by atomic mass is 10.1. The van der Waals surface area contributed by atoms with Crippen molar-refractivity contribution < 1.29 is 8.98 Å². The van der Waals surface area contributed by atoms with Gasteiger partial charge in [-0.2, -0.15) is 4.57 Å². The van der Waals surface area contributed by atoms with E-state index in [1.54, 1.807) is 0 Å². The van der Waals surface area contributed by atoms with E-state index in [-0.39, 0.29) is 0 Å². The molecule has 3 rings (SSSR count). The number of hydrogen-bond donors (Lipinski definition) is 0. The van der Waals surface area contributed by atoms with Crippen LogP contribution in [0.5, 0.6) is 0 Å². The Morgan fingerprint density at radius 2 is 1.80 bits per heavy atom. The van der Waals surface area contributed by atoms with E-state index in [1.807, 2.05) is 36.4 Å². The fourth-order valence-corrected chi connectivity index (χ4v) is 3.34. The van der Waals surface area contributed by atoms with Gasteiger partial charge in [0.15, 0.2) is 0 Å². The second-order valence-corrected chi connectivity index (χ2v) is 6.27. The molecule has 0 spiro atoms. The van der Waals surface area contributed by atoms with Crippen LogP contribution < -0.4 is 9.47 Å². The summed E-state index contributed by atoms with van der Waals surface area (Å²) in [6.07, 6.45) is 4.00. The van der Waals surface area contributed by atoms with Gasteiger partial charge in [0.2, 0.25) is 5.58 Å². The van der Waals surface area contributed by atoms with Crippen LogP contribution in [0.15, 0.2) is 46.9 Å². The minimum Gasteiger partial charge on any atom is -0.398 e. The smallest absolute Gasteiger partial charge is 0.374 e. The number of aromatic nitrogens is 1.